The van der Waals surface area contributed by atoms with Crippen LogP contribution in [0.5, 0.6) is 0 Å². The summed E-state index contributed by atoms with van der Waals surface area (Å²) in [6.07, 6.45) is 7.27. The SMILES string of the molecule is NCc1cccc(S(=O)(=O)CCOC2CCCCCC2)c1. The molecule has 2 N–H and O–H groups in total. The zero-order valence-electron chi connectivity index (χ0n) is 12.5. The molecule has 0 saturated heterocycles. The Morgan fingerprint density at radius 2 is 1.86 bits per heavy atom. The lowest BCUT2D eigenvalue weighted by Gasteiger charge is -2.15. The minimum absolute atomic E-state index is 0.0392. The van der Waals surface area contributed by atoms with Gasteiger partial charge in [-0.25, -0.2) is 8.42 Å². The topological polar surface area (TPSA) is 69.4 Å². The first-order chi connectivity index (χ1) is 10.1. The quantitative estimate of drug-likeness (QED) is 0.820. The molecule has 1 aliphatic rings. The third-order valence-electron chi connectivity index (χ3n) is 4.00. The van der Waals surface area contributed by atoms with Gasteiger partial charge in [0.05, 0.1) is 23.4 Å². The fourth-order valence-corrected chi connectivity index (χ4v) is 3.89. The average molecular weight is 311 g/mol. The molecule has 2 rings (SSSR count). The van der Waals surface area contributed by atoms with E-state index in [0.29, 0.717) is 11.4 Å². The predicted octanol–water partition coefficient (Wildman–Crippen LogP) is 2.66. The van der Waals surface area contributed by atoms with E-state index in [4.69, 9.17) is 10.5 Å². The van der Waals surface area contributed by atoms with Crippen molar-refractivity contribution in [1.29, 1.82) is 0 Å². The van der Waals surface area contributed by atoms with Crippen molar-refractivity contribution in [2.75, 3.05) is 12.4 Å². The molecule has 1 fully saturated rings. The van der Waals surface area contributed by atoms with Crippen molar-refractivity contribution in [3.05, 3.63) is 29.8 Å². The van der Waals surface area contributed by atoms with Crippen LogP contribution < -0.4 is 5.73 Å². The molecule has 1 aromatic rings. The van der Waals surface area contributed by atoms with Crippen LogP contribution in [-0.4, -0.2) is 26.9 Å². The van der Waals surface area contributed by atoms with Crippen LogP contribution in [0.3, 0.4) is 0 Å². The number of rotatable bonds is 6. The minimum atomic E-state index is -3.28. The molecule has 0 bridgehead atoms. The van der Waals surface area contributed by atoms with Crippen LogP contribution in [0.1, 0.15) is 44.1 Å². The van der Waals surface area contributed by atoms with Gasteiger partial charge >= 0.3 is 0 Å². The maximum absolute atomic E-state index is 12.3. The Bertz CT molecular complexity index is 534. The number of hydrogen-bond donors (Lipinski definition) is 1. The van der Waals surface area contributed by atoms with Crippen LogP contribution in [0.15, 0.2) is 29.2 Å². The second-order valence-corrected chi connectivity index (χ2v) is 7.76. The normalized spacial score (nSPS) is 17.6. The molecule has 5 heteroatoms. The van der Waals surface area contributed by atoms with E-state index in [1.165, 1.54) is 25.7 Å². The van der Waals surface area contributed by atoms with E-state index < -0.39 is 9.84 Å². The molecule has 118 valence electrons. The molecule has 1 aromatic carbocycles. The Morgan fingerprint density at radius 3 is 2.52 bits per heavy atom. The van der Waals surface area contributed by atoms with Crippen molar-refractivity contribution < 1.29 is 13.2 Å². The largest absolute Gasteiger partial charge is 0.377 e. The highest BCUT2D eigenvalue weighted by Crippen LogP contribution is 2.20. The van der Waals surface area contributed by atoms with Crippen LogP contribution in [0.2, 0.25) is 0 Å². The van der Waals surface area contributed by atoms with E-state index >= 15 is 0 Å². The molecule has 4 nitrogen and oxygen atoms in total. The van der Waals surface area contributed by atoms with Gasteiger partial charge in [0, 0.05) is 6.54 Å². The molecular formula is C16H25NO3S. The van der Waals surface area contributed by atoms with E-state index in [0.717, 1.165) is 18.4 Å². The van der Waals surface area contributed by atoms with E-state index in [9.17, 15) is 8.42 Å². The first-order valence-electron chi connectivity index (χ1n) is 7.75. The lowest BCUT2D eigenvalue weighted by molar-refractivity contribution is 0.0536. The van der Waals surface area contributed by atoms with Crippen molar-refractivity contribution in [2.45, 2.75) is 56.1 Å². The molecular weight excluding hydrogens is 286 g/mol. The zero-order chi connectivity index (χ0) is 15.1. The number of benzene rings is 1. The lowest BCUT2D eigenvalue weighted by atomic mass is 10.1. The number of sulfone groups is 1. The highest BCUT2D eigenvalue weighted by atomic mass is 32.2. The summed E-state index contributed by atoms with van der Waals surface area (Å²) in [5, 5.41) is 0. The summed E-state index contributed by atoms with van der Waals surface area (Å²) in [7, 11) is -3.28. The van der Waals surface area contributed by atoms with Crippen molar-refractivity contribution in [2.24, 2.45) is 5.73 Å². The summed E-state index contributed by atoms with van der Waals surface area (Å²) < 4.78 is 30.4. The van der Waals surface area contributed by atoms with Gasteiger partial charge in [0.2, 0.25) is 0 Å². The molecule has 0 aliphatic heterocycles. The molecule has 1 saturated carbocycles. The average Bonchev–Trinajstić information content (AvgIpc) is 2.76. The molecule has 0 unspecified atom stereocenters. The molecule has 21 heavy (non-hydrogen) atoms. The molecule has 0 atom stereocenters. The standard InChI is InChI=1S/C16H25NO3S/c17-13-14-6-5-9-16(12-14)21(18,19)11-10-20-15-7-3-1-2-4-8-15/h5-6,9,12,15H,1-4,7-8,10-11,13,17H2. The third-order valence-corrected chi connectivity index (χ3v) is 5.68. The fourth-order valence-electron chi connectivity index (χ4n) is 2.72. The summed E-state index contributed by atoms with van der Waals surface area (Å²) in [6.45, 7) is 0.627. The van der Waals surface area contributed by atoms with Gasteiger partial charge in [-0.3, -0.25) is 0 Å². The Kier molecular flexibility index (Phi) is 6.21. The third kappa shape index (κ3) is 5.09. The van der Waals surface area contributed by atoms with E-state index in [1.54, 1.807) is 18.2 Å². The van der Waals surface area contributed by atoms with Gasteiger partial charge in [-0.1, -0.05) is 37.8 Å². The van der Waals surface area contributed by atoms with Crippen LogP contribution >= 0.6 is 0 Å². The number of hydrogen-bond acceptors (Lipinski definition) is 4. The van der Waals surface area contributed by atoms with Gasteiger partial charge in [0.1, 0.15) is 0 Å². The van der Waals surface area contributed by atoms with E-state index in [-0.39, 0.29) is 18.5 Å². The van der Waals surface area contributed by atoms with Crippen LogP contribution in [0, 0.1) is 0 Å². The van der Waals surface area contributed by atoms with Gasteiger partial charge in [-0.2, -0.15) is 0 Å². The van der Waals surface area contributed by atoms with Crippen molar-refractivity contribution in [3.8, 4) is 0 Å². The van der Waals surface area contributed by atoms with Crippen LogP contribution in [0.4, 0.5) is 0 Å². The molecule has 0 radical (unpaired) electrons. The molecule has 0 amide bonds. The second kappa shape index (κ2) is 7.92. The van der Waals surface area contributed by atoms with E-state index in [2.05, 4.69) is 0 Å². The zero-order valence-corrected chi connectivity index (χ0v) is 13.3. The minimum Gasteiger partial charge on any atom is -0.377 e. The van der Waals surface area contributed by atoms with Gasteiger partial charge in [0.25, 0.3) is 0 Å². The summed E-state index contributed by atoms with van der Waals surface area (Å²) in [6, 6.07) is 6.85. The van der Waals surface area contributed by atoms with Crippen LogP contribution in [0.25, 0.3) is 0 Å². The maximum Gasteiger partial charge on any atom is 0.180 e. The van der Waals surface area contributed by atoms with Gasteiger partial charge in [-0.05, 0) is 30.5 Å². The Labute approximate surface area is 127 Å². The molecule has 0 aromatic heterocycles. The smallest absolute Gasteiger partial charge is 0.180 e. The highest BCUT2D eigenvalue weighted by Gasteiger charge is 2.17. The molecule has 0 spiro atoms. The second-order valence-electron chi connectivity index (χ2n) is 5.65. The van der Waals surface area contributed by atoms with Crippen molar-refractivity contribution >= 4 is 9.84 Å². The summed E-state index contributed by atoms with van der Waals surface area (Å²) in [5.41, 5.74) is 6.39. The first-order valence-corrected chi connectivity index (χ1v) is 9.40. The van der Waals surface area contributed by atoms with E-state index in [1.807, 2.05) is 6.07 Å². The summed E-state index contributed by atoms with van der Waals surface area (Å²) in [4.78, 5) is 0.343. The summed E-state index contributed by atoms with van der Waals surface area (Å²) in [5.74, 6) is 0.0392. The van der Waals surface area contributed by atoms with Crippen LogP contribution in [-0.2, 0) is 21.1 Å². The lowest BCUT2D eigenvalue weighted by Crippen LogP contribution is -2.19. The van der Waals surface area contributed by atoms with Gasteiger partial charge < -0.3 is 10.5 Å². The molecule has 0 heterocycles. The first kappa shape index (κ1) is 16.5. The number of ether oxygens (including phenoxy) is 1. The van der Waals surface area contributed by atoms with Gasteiger partial charge in [0.15, 0.2) is 9.84 Å². The van der Waals surface area contributed by atoms with Gasteiger partial charge in [-0.15, -0.1) is 0 Å². The predicted molar refractivity (Wildman–Crippen MR) is 83.8 cm³/mol. The Balaban J connectivity index is 1.88. The maximum atomic E-state index is 12.3. The highest BCUT2D eigenvalue weighted by molar-refractivity contribution is 7.91. The molecule has 1 aliphatic carbocycles. The Morgan fingerprint density at radius 1 is 1.14 bits per heavy atom. The number of nitrogens with two attached hydrogens (primary N) is 1. The fraction of sp³-hybridized carbons (Fsp3) is 0.625. The Hall–Kier alpha value is -0.910. The summed E-state index contributed by atoms with van der Waals surface area (Å²) >= 11 is 0. The van der Waals surface area contributed by atoms with Crippen molar-refractivity contribution in [3.63, 3.8) is 0 Å². The monoisotopic (exact) mass is 311 g/mol. The van der Waals surface area contributed by atoms with Crippen molar-refractivity contribution in [1.82, 2.24) is 0 Å².